The fraction of sp³-hybridized carbons (Fsp3) is 0.286. The van der Waals surface area contributed by atoms with Crippen LogP contribution in [0.15, 0.2) is 24.4 Å². The first-order chi connectivity index (χ1) is 11.2. The number of amides is 1. The van der Waals surface area contributed by atoms with Crippen molar-refractivity contribution in [3.05, 3.63) is 36.0 Å². The summed E-state index contributed by atoms with van der Waals surface area (Å²) in [6.45, 7) is 2.37. The van der Waals surface area contributed by atoms with Gasteiger partial charge in [-0.3, -0.25) is 4.79 Å². The molecule has 23 heavy (non-hydrogen) atoms. The van der Waals surface area contributed by atoms with Crippen LogP contribution in [0.25, 0.3) is 0 Å². The Labute approximate surface area is 130 Å². The first-order valence-corrected chi connectivity index (χ1v) is 7.02. The molecule has 0 spiro atoms. The number of benzene rings is 1. The maximum absolute atomic E-state index is 13.6. The van der Waals surface area contributed by atoms with E-state index in [9.17, 15) is 13.6 Å². The molecule has 1 amide bonds. The van der Waals surface area contributed by atoms with Gasteiger partial charge in [-0.05, 0) is 12.1 Å². The number of nitrogens with zero attached hydrogens (tertiary/aromatic N) is 5. The van der Waals surface area contributed by atoms with Crippen molar-refractivity contribution in [3.63, 3.8) is 0 Å². The van der Waals surface area contributed by atoms with Gasteiger partial charge in [0.1, 0.15) is 17.3 Å². The summed E-state index contributed by atoms with van der Waals surface area (Å²) in [4.78, 5) is 18.5. The first kappa shape index (κ1) is 15.1. The zero-order valence-electron chi connectivity index (χ0n) is 12.1. The standard InChI is InChI=1S/C14H14F2N6O/c15-10-2-1-3-11(16)13(10)19-14-18-12(8-17-20-14)22-6-4-21(9-23)5-7-22/h1-3,8-9H,4-7H2,(H,18,19,20). The lowest BCUT2D eigenvalue weighted by Gasteiger charge is -2.33. The fourth-order valence-electron chi connectivity index (χ4n) is 2.29. The Kier molecular flexibility index (Phi) is 4.26. The van der Waals surface area contributed by atoms with Crippen LogP contribution in [0.3, 0.4) is 0 Å². The molecule has 1 aromatic carbocycles. The molecule has 0 aliphatic carbocycles. The van der Waals surface area contributed by atoms with Crippen LogP contribution in [-0.4, -0.2) is 52.7 Å². The molecule has 1 N–H and O–H groups in total. The number of hydrogen-bond acceptors (Lipinski definition) is 6. The number of nitrogens with one attached hydrogen (secondary N) is 1. The average molecular weight is 320 g/mol. The summed E-state index contributed by atoms with van der Waals surface area (Å²) in [7, 11) is 0. The number of rotatable bonds is 4. The van der Waals surface area contributed by atoms with Crippen molar-refractivity contribution in [1.29, 1.82) is 0 Å². The van der Waals surface area contributed by atoms with Crippen molar-refractivity contribution in [3.8, 4) is 0 Å². The number of piperazine rings is 1. The minimum absolute atomic E-state index is 0.00400. The highest BCUT2D eigenvalue weighted by molar-refractivity contribution is 5.56. The Balaban J connectivity index is 1.77. The predicted octanol–water partition coefficient (Wildman–Crippen LogP) is 1.17. The summed E-state index contributed by atoms with van der Waals surface area (Å²) in [5.41, 5.74) is -0.322. The molecule has 2 heterocycles. The van der Waals surface area contributed by atoms with Gasteiger partial charge >= 0.3 is 0 Å². The van der Waals surface area contributed by atoms with E-state index in [1.807, 2.05) is 4.90 Å². The van der Waals surface area contributed by atoms with E-state index in [1.54, 1.807) is 4.90 Å². The molecule has 0 radical (unpaired) electrons. The van der Waals surface area contributed by atoms with Crippen molar-refractivity contribution in [1.82, 2.24) is 20.1 Å². The molecule has 2 aromatic rings. The van der Waals surface area contributed by atoms with Crippen molar-refractivity contribution >= 4 is 23.9 Å². The number of aromatic nitrogens is 3. The molecule has 0 saturated carbocycles. The van der Waals surface area contributed by atoms with Crippen molar-refractivity contribution < 1.29 is 13.6 Å². The highest BCUT2D eigenvalue weighted by Crippen LogP contribution is 2.22. The average Bonchev–Trinajstić information content (AvgIpc) is 2.59. The van der Waals surface area contributed by atoms with Crippen LogP contribution >= 0.6 is 0 Å². The summed E-state index contributed by atoms with van der Waals surface area (Å²) >= 11 is 0. The summed E-state index contributed by atoms with van der Waals surface area (Å²) in [5.74, 6) is -0.939. The third-order valence-electron chi connectivity index (χ3n) is 3.53. The van der Waals surface area contributed by atoms with Gasteiger partial charge in [-0.25, -0.2) is 8.78 Å². The third kappa shape index (κ3) is 3.33. The van der Waals surface area contributed by atoms with E-state index >= 15 is 0 Å². The monoisotopic (exact) mass is 320 g/mol. The zero-order chi connectivity index (χ0) is 16.2. The number of halogens is 2. The molecule has 1 aromatic heterocycles. The predicted molar refractivity (Wildman–Crippen MR) is 79.3 cm³/mol. The Morgan fingerprint density at radius 1 is 1.13 bits per heavy atom. The molecular formula is C14H14F2N6O. The van der Waals surface area contributed by atoms with Gasteiger partial charge in [-0.1, -0.05) is 6.07 Å². The molecule has 7 nitrogen and oxygen atoms in total. The Hall–Kier alpha value is -2.84. The van der Waals surface area contributed by atoms with Crippen LogP contribution in [0.5, 0.6) is 0 Å². The van der Waals surface area contributed by atoms with E-state index in [0.29, 0.717) is 32.0 Å². The Morgan fingerprint density at radius 3 is 2.48 bits per heavy atom. The third-order valence-corrected chi connectivity index (χ3v) is 3.53. The molecule has 120 valence electrons. The number of hydrogen-bond donors (Lipinski definition) is 1. The van der Waals surface area contributed by atoms with E-state index in [1.165, 1.54) is 12.3 Å². The second-order valence-electron chi connectivity index (χ2n) is 4.99. The lowest BCUT2D eigenvalue weighted by molar-refractivity contribution is -0.118. The molecule has 0 bridgehead atoms. The van der Waals surface area contributed by atoms with Crippen LogP contribution in [0.4, 0.5) is 26.2 Å². The highest BCUT2D eigenvalue weighted by atomic mass is 19.1. The summed E-state index contributed by atoms with van der Waals surface area (Å²) in [5, 5.41) is 10.1. The molecule has 3 rings (SSSR count). The lowest BCUT2D eigenvalue weighted by Crippen LogP contribution is -2.46. The maximum Gasteiger partial charge on any atom is 0.249 e. The van der Waals surface area contributed by atoms with E-state index < -0.39 is 11.6 Å². The zero-order valence-corrected chi connectivity index (χ0v) is 12.1. The van der Waals surface area contributed by atoms with Crippen LogP contribution in [0, 0.1) is 11.6 Å². The normalized spacial score (nSPS) is 14.7. The minimum Gasteiger partial charge on any atom is -0.352 e. The SMILES string of the molecule is O=CN1CCN(c2cnnc(Nc3c(F)cccc3F)n2)CC1. The number of para-hydroxylation sites is 1. The lowest BCUT2D eigenvalue weighted by atomic mass is 10.3. The van der Waals surface area contributed by atoms with Crippen molar-refractivity contribution in [2.45, 2.75) is 0 Å². The van der Waals surface area contributed by atoms with Gasteiger partial charge < -0.3 is 15.1 Å². The summed E-state index contributed by atoms with van der Waals surface area (Å²) < 4.78 is 27.3. The van der Waals surface area contributed by atoms with Gasteiger partial charge in [0.2, 0.25) is 12.4 Å². The van der Waals surface area contributed by atoms with E-state index in [0.717, 1.165) is 18.5 Å². The van der Waals surface area contributed by atoms with Crippen LogP contribution in [0.2, 0.25) is 0 Å². The molecule has 9 heteroatoms. The van der Waals surface area contributed by atoms with Gasteiger partial charge in [-0.15, -0.1) is 5.10 Å². The van der Waals surface area contributed by atoms with Crippen molar-refractivity contribution in [2.75, 3.05) is 36.4 Å². The van der Waals surface area contributed by atoms with Gasteiger partial charge in [0.15, 0.2) is 5.82 Å². The molecule has 1 fully saturated rings. The van der Waals surface area contributed by atoms with Crippen LogP contribution < -0.4 is 10.2 Å². The Morgan fingerprint density at radius 2 is 1.83 bits per heavy atom. The fourth-order valence-corrected chi connectivity index (χ4v) is 2.29. The van der Waals surface area contributed by atoms with Crippen LogP contribution in [0.1, 0.15) is 0 Å². The second-order valence-corrected chi connectivity index (χ2v) is 4.99. The maximum atomic E-state index is 13.6. The van der Waals surface area contributed by atoms with Gasteiger partial charge in [0.05, 0.1) is 6.20 Å². The topological polar surface area (TPSA) is 74.2 Å². The van der Waals surface area contributed by atoms with E-state index in [-0.39, 0.29) is 11.6 Å². The largest absolute Gasteiger partial charge is 0.352 e. The minimum atomic E-state index is -0.737. The molecule has 0 atom stereocenters. The number of carbonyl (C=O) groups excluding carboxylic acids is 1. The van der Waals surface area contributed by atoms with Crippen molar-refractivity contribution in [2.24, 2.45) is 0 Å². The van der Waals surface area contributed by atoms with E-state index in [4.69, 9.17) is 0 Å². The molecule has 1 aliphatic rings. The quantitative estimate of drug-likeness (QED) is 0.853. The number of carbonyl (C=O) groups is 1. The molecule has 1 aliphatic heterocycles. The van der Waals surface area contributed by atoms with Crippen LogP contribution in [-0.2, 0) is 4.79 Å². The van der Waals surface area contributed by atoms with Gasteiger partial charge in [0.25, 0.3) is 0 Å². The Bertz CT molecular complexity index is 685. The summed E-state index contributed by atoms with van der Waals surface area (Å²) in [6.07, 6.45) is 2.28. The molecule has 1 saturated heterocycles. The molecular weight excluding hydrogens is 306 g/mol. The van der Waals surface area contributed by atoms with Gasteiger partial charge in [0, 0.05) is 26.2 Å². The molecule has 0 unspecified atom stereocenters. The first-order valence-electron chi connectivity index (χ1n) is 7.02. The highest BCUT2D eigenvalue weighted by Gasteiger charge is 2.18. The van der Waals surface area contributed by atoms with Gasteiger partial charge in [-0.2, -0.15) is 10.1 Å². The second kappa shape index (κ2) is 6.51. The summed E-state index contributed by atoms with van der Waals surface area (Å²) in [6, 6.07) is 3.56. The van der Waals surface area contributed by atoms with E-state index in [2.05, 4.69) is 20.5 Å². The number of anilines is 3. The smallest absolute Gasteiger partial charge is 0.249 e.